The van der Waals surface area contributed by atoms with Crippen LogP contribution in [-0.4, -0.2) is 22.6 Å². The molecule has 0 amide bonds. The molecule has 5 nitrogen and oxygen atoms in total. The SMILES string of the molecule is CCn1ccnc(N(CCCN)c2ccccc2)c1=O. The van der Waals surface area contributed by atoms with Gasteiger partial charge < -0.3 is 15.2 Å². The zero-order valence-corrected chi connectivity index (χ0v) is 11.7. The van der Waals surface area contributed by atoms with Crippen molar-refractivity contribution in [1.82, 2.24) is 9.55 Å². The van der Waals surface area contributed by atoms with Gasteiger partial charge in [-0.25, -0.2) is 4.98 Å². The zero-order valence-electron chi connectivity index (χ0n) is 11.7. The Bertz CT molecular complexity index is 594. The van der Waals surface area contributed by atoms with Gasteiger partial charge in [-0.05, 0) is 32.0 Å². The van der Waals surface area contributed by atoms with Gasteiger partial charge in [0.1, 0.15) is 0 Å². The Morgan fingerprint density at radius 3 is 2.70 bits per heavy atom. The number of anilines is 2. The van der Waals surface area contributed by atoms with Crippen molar-refractivity contribution >= 4 is 11.5 Å². The molecule has 2 rings (SSSR count). The predicted octanol–water partition coefficient (Wildman–Crippen LogP) is 1.75. The van der Waals surface area contributed by atoms with Crippen molar-refractivity contribution in [1.29, 1.82) is 0 Å². The number of para-hydroxylation sites is 1. The number of hydrogen-bond acceptors (Lipinski definition) is 4. The lowest BCUT2D eigenvalue weighted by Crippen LogP contribution is -2.31. The maximum Gasteiger partial charge on any atom is 0.293 e. The smallest absolute Gasteiger partial charge is 0.293 e. The molecule has 5 heteroatoms. The summed E-state index contributed by atoms with van der Waals surface area (Å²) in [6, 6.07) is 9.80. The Hall–Kier alpha value is -2.14. The molecule has 0 spiro atoms. The molecule has 0 aliphatic carbocycles. The van der Waals surface area contributed by atoms with E-state index in [2.05, 4.69) is 4.98 Å². The Balaban J connectivity index is 2.44. The molecular weight excluding hydrogens is 252 g/mol. The highest BCUT2D eigenvalue weighted by molar-refractivity contribution is 5.58. The van der Waals surface area contributed by atoms with E-state index >= 15 is 0 Å². The number of nitrogens with zero attached hydrogens (tertiary/aromatic N) is 3. The largest absolute Gasteiger partial charge is 0.330 e. The van der Waals surface area contributed by atoms with Crippen molar-refractivity contribution in [2.75, 3.05) is 18.0 Å². The molecule has 0 fully saturated rings. The Kier molecular flexibility index (Phi) is 4.90. The molecule has 0 aliphatic rings. The van der Waals surface area contributed by atoms with Crippen LogP contribution in [0.25, 0.3) is 0 Å². The van der Waals surface area contributed by atoms with Gasteiger partial charge in [-0.3, -0.25) is 4.79 Å². The van der Waals surface area contributed by atoms with E-state index in [4.69, 9.17) is 5.73 Å². The lowest BCUT2D eigenvalue weighted by Gasteiger charge is -2.23. The van der Waals surface area contributed by atoms with Crippen molar-refractivity contribution in [3.8, 4) is 0 Å². The summed E-state index contributed by atoms with van der Waals surface area (Å²) >= 11 is 0. The molecule has 0 atom stereocenters. The number of rotatable bonds is 6. The molecule has 2 aromatic rings. The van der Waals surface area contributed by atoms with Crippen LogP contribution in [0.3, 0.4) is 0 Å². The van der Waals surface area contributed by atoms with Crippen LogP contribution in [0, 0.1) is 0 Å². The van der Waals surface area contributed by atoms with Crippen LogP contribution >= 0.6 is 0 Å². The molecule has 0 radical (unpaired) electrons. The summed E-state index contributed by atoms with van der Waals surface area (Å²) in [5.74, 6) is 0.453. The van der Waals surface area contributed by atoms with Crippen LogP contribution in [0.4, 0.5) is 11.5 Å². The molecule has 2 N–H and O–H groups in total. The third kappa shape index (κ3) is 3.05. The maximum atomic E-state index is 12.4. The first-order valence-corrected chi connectivity index (χ1v) is 6.86. The molecule has 1 aromatic carbocycles. The van der Waals surface area contributed by atoms with Gasteiger partial charge in [-0.15, -0.1) is 0 Å². The Labute approximate surface area is 118 Å². The minimum absolute atomic E-state index is 0.0733. The summed E-state index contributed by atoms with van der Waals surface area (Å²) in [5.41, 5.74) is 6.48. The summed E-state index contributed by atoms with van der Waals surface area (Å²) in [6.45, 7) is 3.83. The number of nitrogens with two attached hydrogens (primary N) is 1. The fourth-order valence-electron chi connectivity index (χ4n) is 2.08. The van der Waals surface area contributed by atoms with Crippen LogP contribution < -0.4 is 16.2 Å². The van der Waals surface area contributed by atoms with Crippen molar-refractivity contribution in [2.45, 2.75) is 19.9 Å². The van der Waals surface area contributed by atoms with E-state index in [0.717, 1.165) is 12.1 Å². The van der Waals surface area contributed by atoms with E-state index in [1.807, 2.05) is 42.2 Å². The molecule has 0 bridgehead atoms. The van der Waals surface area contributed by atoms with Crippen molar-refractivity contribution in [2.24, 2.45) is 5.73 Å². The van der Waals surface area contributed by atoms with Crippen LogP contribution in [0.1, 0.15) is 13.3 Å². The number of aromatic nitrogens is 2. The number of aryl methyl sites for hydroxylation is 1. The second-order valence-electron chi connectivity index (χ2n) is 4.47. The Morgan fingerprint density at radius 2 is 2.05 bits per heavy atom. The van der Waals surface area contributed by atoms with Gasteiger partial charge in [0.25, 0.3) is 5.56 Å². The van der Waals surface area contributed by atoms with Crippen LogP contribution in [0.5, 0.6) is 0 Å². The minimum atomic E-state index is -0.0733. The monoisotopic (exact) mass is 272 g/mol. The highest BCUT2D eigenvalue weighted by Gasteiger charge is 2.14. The van der Waals surface area contributed by atoms with Gasteiger partial charge in [0.05, 0.1) is 0 Å². The molecule has 0 saturated carbocycles. The lowest BCUT2D eigenvalue weighted by atomic mass is 10.2. The topological polar surface area (TPSA) is 64.2 Å². The first kappa shape index (κ1) is 14.3. The number of hydrogen-bond donors (Lipinski definition) is 1. The summed E-state index contributed by atoms with van der Waals surface area (Å²) in [5, 5.41) is 0. The van der Waals surface area contributed by atoms with Gasteiger partial charge in [0, 0.05) is 31.2 Å². The molecule has 20 heavy (non-hydrogen) atoms. The van der Waals surface area contributed by atoms with Gasteiger partial charge in [-0.2, -0.15) is 0 Å². The normalized spacial score (nSPS) is 10.5. The lowest BCUT2D eigenvalue weighted by molar-refractivity contribution is 0.707. The fraction of sp³-hybridized carbons (Fsp3) is 0.333. The third-order valence-electron chi connectivity index (χ3n) is 3.15. The molecule has 0 saturated heterocycles. The van der Waals surface area contributed by atoms with E-state index in [1.54, 1.807) is 17.0 Å². The van der Waals surface area contributed by atoms with E-state index < -0.39 is 0 Å². The average molecular weight is 272 g/mol. The van der Waals surface area contributed by atoms with Crippen LogP contribution in [0.2, 0.25) is 0 Å². The standard InChI is InChI=1S/C15H20N4O/c1-2-18-12-10-17-14(15(18)20)19(11-6-9-16)13-7-4-3-5-8-13/h3-5,7-8,10,12H,2,6,9,11,16H2,1H3. The highest BCUT2D eigenvalue weighted by atomic mass is 16.1. The summed E-state index contributed by atoms with van der Waals surface area (Å²) in [7, 11) is 0. The van der Waals surface area contributed by atoms with Crippen LogP contribution in [0.15, 0.2) is 47.5 Å². The van der Waals surface area contributed by atoms with Gasteiger partial charge in [0.15, 0.2) is 5.82 Å². The van der Waals surface area contributed by atoms with E-state index in [-0.39, 0.29) is 5.56 Å². The first-order chi connectivity index (χ1) is 9.77. The van der Waals surface area contributed by atoms with E-state index in [1.165, 1.54) is 0 Å². The quantitative estimate of drug-likeness (QED) is 0.870. The molecule has 1 heterocycles. The second-order valence-corrected chi connectivity index (χ2v) is 4.47. The molecule has 0 aliphatic heterocycles. The zero-order chi connectivity index (χ0) is 14.4. The summed E-state index contributed by atoms with van der Waals surface area (Å²) < 4.78 is 1.65. The highest BCUT2D eigenvalue weighted by Crippen LogP contribution is 2.20. The molecule has 1 aromatic heterocycles. The van der Waals surface area contributed by atoms with E-state index in [0.29, 0.717) is 25.5 Å². The van der Waals surface area contributed by atoms with Crippen molar-refractivity contribution in [3.63, 3.8) is 0 Å². The predicted molar refractivity (Wildman–Crippen MR) is 81.3 cm³/mol. The van der Waals surface area contributed by atoms with Gasteiger partial charge in [0.2, 0.25) is 0 Å². The van der Waals surface area contributed by atoms with Crippen LogP contribution in [-0.2, 0) is 6.54 Å². The average Bonchev–Trinajstić information content (AvgIpc) is 2.50. The molecule has 106 valence electrons. The minimum Gasteiger partial charge on any atom is -0.330 e. The Morgan fingerprint density at radius 1 is 1.30 bits per heavy atom. The van der Waals surface area contributed by atoms with Crippen molar-refractivity contribution in [3.05, 3.63) is 53.1 Å². The fourth-order valence-corrected chi connectivity index (χ4v) is 2.08. The number of benzene rings is 1. The third-order valence-corrected chi connectivity index (χ3v) is 3.15. The first-order valence-electron chi connectivity index (χ1n) is 6.86. The van der Waals surface area contributed by atoms with Crippen molar-refractivity contribution < 1.29 is 0 Å². The van der Waals surface area contributed by atoms with Gasteiger partial charge in [-0.1, -0.05) is 18.2 Å². The summed E-state index contributed by atoms with van der Waals surface area (Å²) in [6.07, 6.45) is 4.17. The van der Waals surface area contributed by atoms with E-state index in [9.17, 15) is 4.79 Å². The molecular formula is C15H20N4O. The summed E-state index contributed by atoms with van der Waals surface area (Å²) in [4.78, 5) is 18.6. The van der Waals surface area contributed by atoms with Gasteiger partial charge >= 0.3 is 0 Å². The second kappa shape index (κ2) is 6.86. The molecule has 0 unspecified atom stereocenters. The maximum absolute atomic E-state index is 12.4.